The molecule has 0 aromatic carbocycles. The first-order valence-electron chi connectivity index (χ1n) is 6.69. The number of hydrogen-bond acceptors (Lipinski definition) is 3. The lowest BCUT2D eigenvalue weighted by Gasteiger charge is -2.18. The highest BCUT2D eigenvalue weighted by molar-refractivity contribution is 5.76. The number of likely N-dealkylation sites (tertiary alicyclic amines) is 1. The van der Waals surface area contributed by atoms with Gasteiger partial charge in [0.05, 0.1) is 6.10 Å². The normalized spacial score (nSPS) is 20.5. The van der Waals surface area contributed by atoms with Crippen molar-refractivity contribution < 1.29 is 9.90 Å². The molecule has 0 radical (unpaired) electrons. The molecule has 1 aromatic rings. The minimum atomic E-state index is -0.366. The van der Waals surface area contributed by atoms with Gasteiger partial charge in [-0.2, -0.15) is 0 Å². The largest absolute Gasteiger partial charge is 0.393 e. The van der Waals surface area contributed by atoms with Crippen molar-refractivity contribution in [1.29, 1.82) is 0 Å². The van der Waals surface area contributed by atoms with Crippen molar-refractivity contribution in [1.82, 2.24) is 9.47 Å². The Balaban J connectivity index is 1.86. The molecule has 0 bridgehead atoms. The van der Waals surface area contributed by atoms with E-state index in [4.69, 9.17) is 0 Å². The van der Waals surface area contributed by atoms with Gasteiger partial charge < -0.3 is 14.6 Å². The molecule has 2 atom stereocenters. The van der Waals surface area contributed by atoms with Crippen molar-refractivity contribution in [3.63, 3.8) is 0 Å². The molecule has 19 heavy (non-hydrogen) atoms. The van der Waals surface area contributed by atoms with Crippen LogP contribution >= 0.6 is 0 Å². The van der Waals surface area contributed by atoms with Gasteiger partial charge in [-0.25, -0.2) is 0 Å². The maximum atomic E-state index is 12.0. The summed E-state index contributed by atoms with van der Waals surface area (Å²) < 4.78 is 1.54. The average molecular weight is 264 g/mol. The van der Waals surface area contributed by atoms with Gasteiger partial charge in [-0.1, -0.05) is 6.07 Å². The third kappa shape index (κ3) is 3.44. The van der Waals surface area contributed by atoms with E-state index in [1.807, 2.05) is 0 Å². The number of aryl methyl sites for hydroxylation is 1. The molecule has 1 amide bonds. The van der Waals surface area contributed by atoms with Crippen molar-refractivity contribution in [2.45, 2.75) is 32.4 Å². The zero-order valence-corrected chi connectivity index (χ0v) is 11.2. The number of aromatic nitrogens is 1. The fourth-order valence-corrected chi connectivity index (χ4v) is 2.43. The number of carbonyl (C=O) groups is 1. The lowest BCUT2D eigenvalue weighted by Crippen LogP contribution is -2.31. The number of pyridine rings is 1. The van der Waals surface area contributed by atoms with Crippen LogP contribution in [0.1, 0.15) is 19.8 Å². The van der Waals surface area contributed by atoms with E-state index >= 15 is 0 Å². The standard InChI is InChI=1S/C14H20N2O3/c1-11(17)12-5-8-16(10-12)14(19)6-9-15-7-3-2-4-13(15)18/h2-4,7,11-12,17H,5-6,8-10H2,1H3. The van der Waals surface area contributed by atoms with E-state index in [9.17, 15) is 14.7 Å². The van der Waals surface area contributed by atoms with Crippen molar-refractivity contribution in [3.8, 4) is 0 Å². The molecular weight excluding hydrogens is 244 g/mol. The number of nitrogens with zero attached hydrogens (tertiary/aromatic N) is 2. The van der Waals surface area contributed by atoms with Crippen LogP contribution in [0.25, 0.3) is 0 Å². The molecule has 0 spiro atoms. The Labute approximate surface area is 112 Å². The Kier molecular flexibility index (Phi) is 4.37. The van der Waals surface area contributed by atoms with Crippen LogP contribution in [0.4, 0.5) is 0 Å². The molecule has 5 heteroatoms. The monoisotopic (exact) mass is 264 g/mol. The van der Waals surface area contributed by atoms with Crippen LogP contribution in [-0.4, -0.2) is 39.7 Å². The SMILES string of the molecule is CC(O)C1CCN(C(=O)CCn2ccccc2=O)C1. The number of amides is 1. The summed E-state index contributed by atoms with van der Waals surface area (Å²) in [4.78, 5) is 25.3. The van der Waals surface area contributed by atoms with E-state index < -0.39 is 0 Å². The average Bonchev–Trinajstić information content (AvgIpc) is 2.87. The Bertz CT molecular complexity index is 495. The molecule has 1 N–H and O–H groups in total. The van der Waals surface area contributed by atoms with Crippen LogP contribution in [0, 0.1) is 5.92 Å². The second-order valence-corrected chi connectivity index (χ2v) is 5.11. The number of carbonyl (C=O) groups excluding carboxylic acids is 1. The predicted octanol–water partition coefficient (Wildman–Crippen LogP) is 0.468. The summed E-state index contributed by atoms with van der Waals surface area (Å²) in [5, 5.41) is 9.51. The molecule has 1 saturated heterocycles. The van der Waals surface area contributed by atoms with Gasteiger partial charge in [-0.05, 0) is 19.4 Å². The number of rotatable bonds is 4. The fraction of sp³-hybridized carbons (Fsp3) is 0.571. The van der Waals surface area contributed by atoms with Gasteiger partial charge in [0.25, 0.3) is 5.56 Å². The van der Waals surface area contributed by atoms with Crippen LogP contribution in [0.3, 0.4) is 0 Å². The maximum Gasteiger partial charge on any atom is 0.250 e. The lowest BCUT2D eigenvalue weighted by atomic mass is 10.0. The fourth-order valence-electron chi connectivity index (χ4n) is 2.43. The molecule has 5 nitrogen and oxygen atoms in total. The summed E-state index contributed by atoms with van der Waals surface area (Å²) in [7, 11) is 0. The Hall–Kier alpha value is -1.62. The molecule has 2 heterocycles. The first-order chi connectivity index (χ1) is 9.08. The number of hydrogen-bond donors (Lipinski definition) is 1. The van der Waals surface area contributed by atoms with Gasteiger partial charge in [-0.3, -0.25) is 9.59 Å². The van der Waals surface area contributed by atoms with Crippen LogP contribution in [-0.2, 0) is 11.3 Å². The van der Waals surface area contributed by atoms with Crippen LogP contribution in [0.2, 0.25) is 0 Å². The minimum absolute atomic E-state index is 0.0545. The Morgan fingerprint density at radius 2 is 2.32 bits per heavy atom. The molecule has 2 unspecified atom stereocenters. The minimum Gasteiger partial charge on any atom is -0.393 e. The molecule has 1 aliphatic heterocycles. The third-order valence-electron chi connectivity index (χ3n) is 3.73. The molecule has 104 valence electrons. The van der Waals surface area contributed by atoms with E-state index in [0.29, 0.717) is 26.1 Å². The van der Waals surface area contributed by atoms with Gasteiger partial charge >= 0.3 is 0 Å². The second kappa shape index (κ2) is 6.02. The van der Waals surface area contributed by atoms with Gasteiger partial charge in [0.1, 0.15) is 0 Å². The highest BCUT2D eigenvalue weighted by Gasteiger charge is 2.28. The smallest absolute Gasteiger partial charge is 0.250 e. The Morgan fingerprint density at radius 1 is 1.53 bits per heavy atom. The van der Waals surface area contributed by atoms with Gasteiger partial charge in [0.2, 0.25) is 5.91 Å². The second-order valence-electron chi connectivity index (χ2n) is 5.11. The summed E-state index contributed by atoms with van der Waals surface area (Å²) in [6.45, 7) is 3.51. The maximum absolute atomic E-state index is 12.0. The lowest BCUT2D eigenvalue weighted by molar-refractivity contribution is -0.130. The highest BCUT2D eigenvalue weighted by atomic mass is 16.3. The quantitative estimate of drug-likeness (QED) is 0.859. The molecule has 0 saturated carbocycles. The van der Waals surface area contributed by atoms with Gasteiger partial charge in [0.15, 0.2) is 0 Å². The summed E-state index contributed by atoms with van der Waals surface area (Å²) in [5.41, 5.74) is -0.0846. The van der Waals surface area contributed by atoms with Crippen LogP contribution < -0.4 is 5.56 Å². The predicted molar refractivity (Wildman–Crippen MR) is 71.7 cm³/mol. The number of aliphatic hydroxyl groups excluding tert-OH is 1. The van der Waals surface area contributed by atoms with Crippen molar-refractivity contribution in [2.24, 2.45) is 5.92 Å². The summed E-state index contributed by atoms with van der Waals surface area (Å²) in [6.07, 6.45) is 2.51. The molecular formula is C14H20N2O3. The van der Waals surface area contributed by atoms with Gasteiger partial charge in [-0.15, -0.1) is 0 Å². The molecule has 1 aliphatic rings. The molecule has 1 fully saturated rings. The molecule has 0 aliphatic carbocycles. The highest BCUT2D eigenvalue weighted by Crippen LogP contribution is 2.20. The molecule has 1 aromatic heterocycles. The zero-order chi connectivity index (χ0) is 13.8. The number of aliphatic hydroxyl groups is 1. The summed E-state index contributed by atoms with van der Waals surface area (Å²) in [5.74, 6) is 0.238. The van der Waals surface area contributed by atoms with E-state index in [2.05, 4.69) is 0 Å². The van der Waals surface area contributed by atoms with Crippen LogP contribution in [0.5, 0.6) is 0 Å². The van der Waals surface area contributed by atoms with Crippen LogP contribution in [0.15, 0.2) is 29.2 Å². The van der Waals surface area contributed by atoms with E-state index in [-0.39, 0.29) is 23.5 Å². The topological polar surface area (TPSA) is 62.5 Å². The van der Waals surface area contributed by atoms with Crippen molar-refractivity contribution in [2.75, 3.05) is 13.1 Å². The van der Waals surface area contributed by atoms with Crippen molar-refractivity contribution in [3.05, 3.63) is 34.7 Å². The van der Waals surface area contributed by atoms with Crippen molar-refractivity contribution >= 4 is 5.91 Å². The van der Waals surface area contributed by atoms with E-state index in [1.165, 1.54) is 6.07 Å². The summed E-state index contributed by atoms with van der Waals surface area (Å²) in [6, 6.07) is 4.96. The third-order valence-corrected chi connectivity index (χ3v) is 3.73. The Morgan fingerprint density at radius 3 is 2.95 bits per heavy atom. The first kappa shape index (κ1) is 13.8. The summed E-state index contributed by atoms with van der Waals surface area (Å²) >= 11 is 0. The zero-order valence-electron chi connectivity index (χ0n) is 11.2. The molecule has 2 rings (SSSR count). The van der Waals surface area contributed by atoms with E-state index in [1.54, 1.807) is 34.7 Å². The van der Waals surface area contributed by atoms with Gasteiger partial charge in [0, 0.05) is 44.2 Å². The van der Waals surface area contributed by atoms with E-state index in [0.717, 1.165) is 6.42 Å². The first-order valence-corrected chi connectivity index (χ1v) is 6.69.